The predicted molar refractivity (Wildman–Crippen MR) is 84.5 cm³/mol. The Bertz CT molecular complexity index is 584. The standard InChI is InChI=1S/C16H22N4O2/c1-13(17-9-11-20-10-5-8-19-20)16(21)18-12-14-6-3-4-7-15(14)22-2/h3-8,10,13,17H,9,11-12H2,1-2H3,(H,18,21). The molecule has 2 N–H and O–H groups in total. The molecule has 1 aromatic heterocycles. The number of ether oxygens (including phenoxy) is 1. The average molecular weight is 302 g/mol. The maximum absolute atomic E-state index is 12.1. The van der Waals surface area contributed by atoms with Gasteiger partial charge in [0.1, 0.15) is 5.75 Å². The van der Waals surface area contributed by atoms with Gasteiger partial charge in [0, 0.05) is 31.0 Å². The Labute approximate surface area is 130 Å². The number of carbonyl (C=O) groups excluding carboxylic acids is 1. The molecule has 0 saturated carbocycles. The van der Waals surface area contributed by atoms with Crippen LogP contribution in [0.25, 0.3) is 0 Å². The van der Waals surface area contributed by atoms with Crippen LogP contribution in [0.2, 0.25) is 0 Å². The van der Waals surface area contributed by atoms with Crippen LogP contribution in [0.3, 0.4) is 0 Å². The first-order valence-electron chi connectivity index (χ1n) is 7.31. The Morgan fingerprint density at radius 1 is 1.36 bits per heavy atom. The largest absolute Gasteiger partial charge is 0.496 e. The normalized spacial score (nSPS) is 11.9. The summed E-state index contributed by atoms with van der Waals surface area (Å²) in [6, 6.07) is 9.27. The van der Waals surface area contributed by atoms with Gasteiger partial charge in [0.25, 0.3) is 0 Å². The van der Waals surface area contributed by atoms with Gasteiger partial charge in [-0.2, -0.15) is 5.10 Å². The van der Waals surface area contributed by atoms with E-state index >= 15 is 0 Å². The lowest BCUT2D eigenvalue weighted by Gasteiger charge is -2.15. The number of hydrogen-bond donors (Lipinski definition) is 2. The summed E-state index contributed by atoms with van der Waals surface area (Å²) in [5.41, 5.74) is 0.960. The van der Waals surface area contributed by atoms with Crippen LogP contribution in [0.1, 0.15) is 12.5 Å². The van der Waals surface area contributed by atoms with Crippen LogP contribution in [-0.4, -0.2) is 35.4 Å². The lowest BCUT2D eigenvalue weighted by atomic mass is 10.2. The van der Waals surface area contributed by atoms with Crippen molar-refractivity contribution in [2.75, 3.05) is 13.7 Å². The van der Waals surface area contributed by atoms with Crippen LogP contribution in [0.4, 0.5) is 0 Å². The summed E-state index contributed by atoms with van der Waals surface area (Å²) < 4.78 is 7.09. The van der Waals surface area contributed by atoms with Gasteiger partial charge in [0.2, 0.25) is 5.91 Å². The SMILES string of the molecule is COc1ccccc1CNC(=O)C(C)NCCn1cccn1. The molecule has 1 heterocycles. The maximum Gasteiger partial charge on any atom is 0.237 e. The van der Waals surface area contributed by atoms with Crippen LogP contribution >= 0.6 is 0 Å². The number of rotatable bonds is 8. The minimum atomic E-state index is -0.259. The topological polar surface area (TPSA) is 68.2 Å². The number of nitrogens with one attached hydrogen (secondary N) is 2. The number of aromatic nitrogens is 2. The van der Waals surface area contributed by atoms with Gasteiger partial charge >= 0.3 is 0 Å². The molecule has 6 nitrogen and oxygen atoms in total. The Kier molecular flexibility index (Phi) is 5.97. The molecule has 22 heavy (non-hydrogen) atoms. The Hall–Kier alpha value is -2.34. The van der Waals surface area contributed by atoms with E-state index in [1.165, 1.54) is 0 Å². The summed E-state index contributed by atoms with van der Waals surface area (Å²) in [7, 11) is 1.63. The van der Waals surface area contributed by atoms with Crippen LogP contribution in [-0.2, 0) is 17.9 Å². The van der Waals surface area contributed by atoms with E-state index < -0.39 is 0 Å². The van der Waals surface area contributed by atoms with Crippen LogP contribution < -0.4 is 15.4 Å². The Balaban J connectivity index is 1.74. The van der Waals surface area contributed by atoms with Crippen molar-refractivity contribution in [3.8, 4) is 5.75 Å². The van der Waals surface area contributed by atoms with Crippen LogP contribution in [0.15, 0.2) is 42.7 Å². The minimum Gasteiger partial charge on any atom is -0.496 e. The van der Waals surface area contributed by atoms with Crippen LogP contribution in [0.5, 0.6) is 5.75 Å². The molecule has 1 aromatic carbocycles. The first kappa shape index (κ1) is 16.0. The molecule has 1 atom stereocenters. The summed E-state index contributed by atoms with van der Waals surface area (Å²) in [6.45, 7) is 3.72. The highest BCUT2D eigenvalue weighted by molar-refractivity contribution is 5.81. The molecule has 2 aromatic rings. The highest BCUT2D eigenvalue weighted by atomic mass is 16.5. The van der Waals surface area contributed by atoms with Crippen molar-refractivity contribution in [3.63, 3.8) is 0 Å². The maximum atomic E-state index is 12.1. The number of carbonyl (C=O) groups is 1. The molecule has 0 saturated heterocycles. The molecule has 0 radical (unpaired) electrons. The van der Waals surface area contributed by atoms with Gasteiger partial charge in [0.05, 0.1) is 19.7 Å². The van der Waals surface area contributed by atoms with Gasteiger partial charge in [-0.05, 0) is 19.1 Å². The van der Waals surface area contributed by atoms with Gasteiger partial charge in [-0.1, -0.05) is 18.2 Å². The van der Waals surface area contributed by atoms with Crippen molar-refractivity contribution in [1.29, 1.82) is 0 Å². The van der Waals surface area contributed by atoms with Crippen molar-refractivity contribution in [2.45, 2.75) is 26.1 Å². The monoisotopic (exact) mass is 302 g/mol. The quantitative estimate of drug-likeness (QED) is 0.768. The minimum absolute atomic E-state index is 0.0358. The summed E-state index contributed by atoms with van der Waals surface area (Å²) in [6.07, 6.45) is 3.64. The number of methoxy groups -OCH3 is 1. The molecule has 0 aliphatic heterocycles. The molecular weight excluding hydrogens is 280 g/mol. The summed E-state index contributed by atoms with van der Waals surface area (Å²) >= 11 is 0. The average Bonchev–Trinajstić information content (AvgIpc) is 3.06. The molecule has 0 spiro atoms. The van der Waals surface area contributed by atoms with Gasteiger partial charge < -0.3 is 15.4 Å². The molecule has 1 unspecified atom stereocenters. The molecule has 0 fully saturated rings. The fourth-order valence-corrected chi connectivity index (χ4v) is 2.11. The van der Waals surface area contributed by atoms with E-state index in [1.54, 1.807) is 13.3 Å². The zero-order chi connectivity index (χ0) is 15.8. The van der Waals surface area contributed by atoms with Gasteiger partial charge in [0.15, 0.2) is 0 Å². The van der Waals surface area contributed by atoms with Crippen molar-refractivity contribution in [1.82, 2.24) is 20.4 Å². The first-order valence-corrected chi connectivity index (χ1v) is 7.31. The third-order valence-electron chi connectivity index (χ3n) is 3.39. The number of para-hydroxylation sites is 1. The zero-order valence-electron chi connectivity index (χ0n) is 13.0. The number of benzene rings is 1. The van der Waals surface area contributed by atoms with Crippen molar-refractivity contribution < 1.29 is 9.53 Å². The summed E-state index contributed by atoms with van der Waals surface area (Å²) in [4.78, 5) is 12.1. The Morgan fingerprint density at radius 3 is 2.91 bits per heavy atom. The van der Waals surface area contributed by atoms with Crippen LogP contribution in [0, 0.1) is 0 Å². The second kappa shape index (κ2) is 8.19. The van der Waals surface area contributed by atoms with Gasteiger partial charge in [-0.15, -0.1) is 0 Å². The summed E-state index contributed by atoms with van der Waals surface area (Å²) in [5.74, 6) is 0.744. The molecule has 2 rings (SSSR count). The van der Waals surface area contributed by atoms with E-state index in [-0.39, 0.29) is 11.9 Å². The fourth-order valence-electron chi connectivity index (χ4n) is 2.11. The van der Waals surface area contributed by atoms with Gasteiger partial charge in [-0.3, -0.25) is 9.48 Å². The number of hydrogen-bond acceptors (Lipinski definition) is 4. The second-order valence-electron chi connectivity index (χ2n) is 4.97. The second-order valence-corrected chi connectivity index (χ2v) is 4.97. The Morgan fingerprint density at radius 2 is 2.18 bits per heavy atom. The fraction of sp³-hybridized carbons (Fsp3) is 0.375. The molecule has 0 aliphatic carbocycles. The highest BCUT2D eigenvalue weighted by Gasteiger charge is 2.12. The lowest BCUT2D eigenvalue weighted by Crippen LogP contribution is -2.43. The van der Waals surface area contributed by atoms with E-state index in [9.17, 15) is 4.79 Å². The lowest BCUT2D eigenvalue weighted by molar-refractivity contribution is -0.122. The third kappa shape index (κ3) is 4.60. The first-order chi connectivity index (χ1) is 10.7. The van der Waals surface area contributed by atoms with Gasteiger partial charge in [-0.25, -0.2) is 0 Å². The summed E-state index contributed by atoms with van der Waals surface area (Å²) in [5, 5.41) is 10.2. The highest BCUT2D eigenvalue weighted by Crippen LogP contribution is 2.16. The zero-order valence-corrected chi connectivity index (χ0v) is 13.0. The van der Waals surface area contributed by atoms with E-state index in [0.29, 0.717) is 13.1 Å². The molecule has 0 bridgehead atoms. The predicted octanol–water partition coefficient (Wildman–Crippen LogP) is 1.19. The smallest absolute Gasteiger partial charge is 0.237 e. The molecule has 6 heteroatoms. The van der Waals surface area contributed by atoms with E-state index in [0.717, 1.165) is 17.9 Å². The number of nitrogens with zero attached hydrogens (tertiary/aromatic N) is 2. The molecule has 1 amide bonds. The molecule has 0 aliphatic rings. The molecular formula is C16H22N4O2. The van der Waals surface area contributed by atoms with E-state index in [4.69, 9.17) is 4.74 Å². The number of amides is 1. The van der Waals surface area contributed by atoms with E-state index in [1.807, 2.05) is 48.1 Å². The van der Waals surface area contributed by atoms with Crippen molar-refractivity contribution in [2.24, 2.45) is 0 Å². The molecule has 118 valence electrons. The van der Waals surface area contributed by atoms with E-state index in [2.05, 4.69) is 15.7 Å². The third-order valence-corrected chi connectivity index (χ3v) is 3.39. The van der Waals surface area contributed by atoms with Crippen molar-refractivity contribution >= 4 is 5.91 Å². The van der Waals surface area contributed by atoms with Crippen molar-refractivity contribution in [3.05, 3.63) is 48.3 Å².